The zero-order valence-electron chi connectivity index (χ0n) is 15.0. The van der Waals surface area contributed by atoms with Gasteiger partial charge in [-0.1, -0.05) is 26.7 Å². The van der Waals surface area contributed by atoms with Gasteiger partial charge in [0.2, 0.25) is 5.91 Å². The maximum atomic E-state index is 12.6. The molecule has 2 heterocycles. The maximum Gasteiger partial charge on any atom is 0.249 e. The first-order valence-electron chi connectivity index (χ1n) is 9.35. The Morgan fingerprint density at radius 2 is 2.08 bits per heavy atom. The second-order valence-corrected chi connectivity index (χ2v) is 6.90. The fraction of sp³-hybridized carbons (Fsp3) is 0.778. The molecular weight excluding hydrogens is 304 g/mol. The number of nitrogens with zero attached hydrogens (tertiary/aromatic N) is 4. The van der Waals surface area contributed by atoms with Crippen LogP contribution >= 0.6 is 0 Å². The summed E-state index contributed by atoms with van der Waals surface area (Å²) in [6.45, 7) is 8.89. The molecule has 1 aromatic heterocycles. The normalized spacial score (nSPS) is 21.5. The lowest BCUT2D eigenvalue weighted by atomic mass is 10.1. The molecule has 0 spiro atoms. The number of hydrogen-bond acceptors (Lipinski definition) is 4. The molecule has 0 aromatic carbocycles. The average Bonchev–Trinajstić information content (AvgIpc) is 3.28. The van der Waals surface area contributed by atoms with Crippen LogP contribution in [0.15, 0.2) is 12.3 Å². The quantitative estimate of drug-likeness (QED) is 0.766. The Bertz CT molecular complexity index is 535. The zero-order chi connectivity index (χ0) is 16.9. The first-order chi connectivity index (χ1) is 11.7. The molecule has 134 valence electrons. The fourth-order valence-corrected chi connectivity index (χ4v) is 3.83. The number of carbonyl (C=O) groups excluding carboxylic acids is 1. The maximum absolute atomic E-state index is 12.6. The number of ether oxygens (including phenoxy) is 1. The van der Waals surface area contributed by atoms with Crippen molar-refractivity contribution in [1.82, 2.24) is 19.6 Å². The molecule has 1 fully saturated rings. The monoisotopic (exact) mass is 334 g/mol. The van der Waals surface area contributed by atoms with E-state index < -0.39 is 0 Å². The van der Waals surface area contributed by atoms with E-state index in [0.717, 1.165) is 44.7 Å². The molecule has 1 aliphatic carbocycles. The largest absolute Gasteiger partial charge is 0.368 e. The van der Waals surface area contributed by atoms with Gasteiger partial charge in [0.25, 0.3) is 0 Å². The van der Waals surface area contributed by atoms with Crippen LogP contribution in [0.1, 0.15) is 51.3 Å². The van der Waals surface area contributed by atoms with Crippen LogP contribution in [0.4, 0.5) is 0 Å². The van der Waals surface area contributed by atoms with Gasteiger partial charge < -0.3 is 14.5 Å². The van der Waals surface area contributed by atoms with E-state index in [1.54, 1.807) is 0 Å². The van der Waals surface area contributed by atoms with Crippen LogP contribution in [0.25, 0.3) is 0 Å². The molecule has 1 atom stereocenters. The minimum atomic E-state index is 0.110. The molecule has 2 aliphatic rings. The van der Waals surface area contributed by atoms with Crippen LogP contribution in [0.2, 0.25) is 0 Å². The van der Waals surface area contributed by atoms with Gasteiger partial charge in [0.15, 0.2) is 0 Å². The molecular formula is C18H30N4O2. The van der Waals surface area contributed by atoms with Crippen molar-refractivity contribution < 1.29 is 9.53 Å². The lowest BCUT2D eigenvalue weighted by Crippen LogP contribution is -2.46. The van der Waals surface area contributed by atoms with Crippen molar-refractivity contribution in [2.45, 2.75) is 58.2 Å². The van der Waals surface area contributed by atoms with Crippen molar-refractivity contribution in [3.8, 4) is 0 Å². The minimum absolute atomic E-state index is 0.110. The predicted molar refractivity (Wildman–Crippen MR) is 92.7 cm³/mol. The highest BCUT2D eigenvalue weighted by atomic mass is 16.5. The van der Waals surface area contributed by atoms with Gasteiger partial charge in [-0.15, -0.1) is 0 Å². The van der Waals surface area contributed by atoms with Gasteiger partial charge in [0.05, 0.1) is 24.4 Å². The van der Waals surface area contributed by atoms with Gasteiger partial charge in [-0.05, 0) is 32.0 Å². The summed E-state index contributed by atoms with van der Waals surface area (Å²) in [4.78, 5) is 16.9. The Morgan fingerprint density at radius 3 is 2.79 bits per heavy atom. The summed E-state index contributed by atoms with van der Waals surface area (Å²) in [5.41, 5.74) is 1.12. The smallest absolute Gasteiger partial charge is 0.249 e. The molecule has 6 nitrogen and oxygen atoms in total. The van der Waals surface area contributed by atoms with Crippen molar-refractivity contribution in [2.24, 2.45) is 0 Å². The number of hydrogen-bond donors (Lipinski definition) is 0. The molecule has 1 saturated carbocycles. The Balaban J connectivity index is 1.61. The second-order valence-electron chi connectivity index (χ2n) is 6.90. The molecule has 1 aromatic rings. The highest BCUT2D eigenvalue weighted by molar-refractivity contribution is 5.77. The molecule has 0 saturated heterocycles. The molecule has 1 amide bonds. The van der Waals surface area contributed by atoms with Crippen molar-refractivity contribution in [3.05, 3.63) is 18.0 Å². The van der Waals surface area contributed by atoms with Gasteiger partial charge in [-0.3, -0.25) is 9.48 Å². The van der Waals surface area contributed by atoms with Gasteiger partial charge in [-0.2, -0.15) is 5.10 Å². The number of rotatable bonds is 7. The first-order valence-corrected chi connectivity index (χ1v) is 9.35. The van der Waals surface area contributed by atoms with Gasteiger partial charge in [0, 0.05) is 19.3 Å². The van der Waals surface area contributed by atoms with E-state index in [9.17, 15) is 4.79 Å². The van der Waals surface area contributed by atoms with Crippen LogP contribution in [-0.2, 0) is 16.1 Å². The number of likely N-dealkylation sites (N-methyl/N-ethyl adjacent to an activating group) is 1. The van der Waals surface area contributed by atoms with Crippen LogP contribution < -0.4 is 0 Å². The Kier molecular flexibility index (Phi) is 5.89. The number of fused-ring (bicyclic) bond motifs is 1. The van der Waals surface area contributed by atoms with E-state index in [1.807, 2.05) is 17.2 Å². The second kappa shape index (κ2) is 8.12. The molecule has 0 bridgehead atoms. The molecule has 3 rings (SSSR count). The SMILES string of the molecule is CCN(CC)C[C@H]1CN(C(=O)COC2CCCC2)Cc2ccnn21. The summed E-state index contributed by atoms with van der Waals surface area (Å²) >= 11 is 0. The minimum Gasteiger partial charge on any atom is -0.368 e. The van der Waals surface area contributed by atoms with Crippen molar-refractivity contribution in [1.29, 1.82) is 0 Å². The number of aromatic nitrogens is 2. The highest BCUT2D eigenvalue weighted by Crippen LogP contribution is 2.23. The first kappa shape index (κ1) is 17.4. The summed E-state index contributed by atoms with van der Waals surface area (Å²) in [6.07, 6.45) is 6.79. The van der Waals surface area contributed by atoms with Gasteiger partial charge in [-0.25, -0.2) is 0 Å². The summed E-state index contributed by atoms with van der Waals surface area (Å²) in [7, 11) is 0. The molecule has 1 aliphatic heterocycles. The Labute approximate surface area is 144 Å². The van der Waals surface area contributed by atoms with Crippen molar-refractivity contribution in [3.63, 3.8) is 0 Å². The van der Waals surface area contributed by atoms with Crippen molar-refractivity contribution in [2.75, 3.05) is 32.8 Å². The van der Waals surface area contributed by atoms with Crippen LogP contribution in [0.5, 0.6) is 0 Å². The highest BCUT2D eigenvalue weighted by Gasteiger charge is 2.30. The Hall–Kier alpha value is -1.40. The van der Waals surface area contributed by atoms with Gasteiger partial charge >= 0.3 is 0 Å². The topological polar surface area (TPSA) is 50.6 Å². The van der Waals surface area contributed by atoms with Crippen molar-refractivity contribution >= 4 is 5.91 Å². The third-order valence-corrected chi connectivity index (χ3v) is 5.34. The average molecular weight is 334 g/mol. The van der Waals surface area contributed by atoms with E-state index in [4.69, 9.17) is 4.74 Å². The van der Waals surface area contributed by atoms with Crippen LogP contribution in [-0.4, -0.2) is 64.4 Å². The summed E-state index contributed by atoms with van der Waals surface area (Å²) < 4.78 is 7.92. The Morgan fingerprint density at radius 1 is 1.33 bits per heavy atom. The van der Waals surface area contributed by atoms with E-state index in [1.165, 1.54) is 12.8 Å². The molecule has 6 heteroatoms. The molecule has 0 radical (unpaired) electrons. The van der Waals surface area contributed by atoms with E-state index in [2.05, 4.69) is 28.5 Å². The van der Waals surface area contributed by atoms with Crippen LogP contribution in [0, 0.1) is 0 Å². The van der Waals surface area contributed by atoms with E-state index >= 15 is 0 Å². The zero-order valence-corrected chi connectivity index (χ0v) is 15.0. The van der Waals surface area contributed by atoms with E-state index in [0.29, 0.717) is 6.54 Å². The standard InChI is InChI=1S/C18H30N4O2/c1-3-20(4-2)11-16-13-21(12-15-9-10-19-22(15)16)18(23)14-24-17-7-5-6-8-17/h9-10,16-17H,3-8,11-14H2,1-2H3/t16-/m0/s1. The lowest BCUT2D eigenvalue weighted by Gasteiger charge is -2.36. The third kappa shape index (κ3) is 3.98. The number of amides is 1. The summed E-state index contributed by atoms with van der Waals surface area (Å²) in [6, 6.07) is 2.24. The molecule has 0 N–H and O–H groups in total. The predicted octanol–water partition coefficient (Wildman–Crippen LogP) is 2.07. The summed E-state index contributed by atoms with van der Waals surface area (Å²) in [5, 5.41) is 4.48. The van der Waals surface area contributed by atoms with Crippen LogP contribution in [0.3, 0.4) is 0 Å². The summed E-state index contributed by atoms with van der Waals surface area (Å²) in [5.74, 6) is 0.110. The molecule has 0 unspecified atom stereocenters. The fourth-order valence-electron chi connectivity index (χ4n) is 3.83. The third-order valence-electron chi connectivity index (χ3n) is 5.34. The van der Waals surface area contributed by atoms with Gasteiger partial charge in [0.1, 0.15) is 6.61 Å². The number of carbonyl (C=O) groups is 1. The molecule has 24 heavy (non-hydrogen) atoms. The van der Waals surface area contributed by atoms with E-state index in [-0.39, 0.29) is 24.7 Å². The lowest BCUT2D eigenvalue weighted by molar-refractivity contribution is -0.140.